The molecule has 13 heavy (non-hydrogen) atoms. The van der Waals surface area contributed by atoms with E-state index in [1.54, 1.807) is 0 Å². The van der Waals surface area contributed by atoms with E-state index in [1.165, 1.54) is 0 Å². The SMILES string of the molecule is O=C(Cc1nn[nH]n1)N1CCCC1. The minimum atomic E-state index is 0.0962. The van der Waals surface area contributed by atoms with Crippen molar-refractivity contribution in [3.05, 3.63) is 5.82 Å². The molecule has 1 aliphatic rings. The lowest BCUT2D eigenvalue weighted by Crippen LogP contribution is -2.29. The van der Waals surface area contributed by atoms with E-state index in [-0.39, 0.29) is 12.3 Å². The zero-order valence-corrected chi connectivity index (χ0v) is 7.23. The van der Waals surface area contributed by atoms with E-state index >= 15 is 0 Å². The number of likely N-dealkylation sites (tertiary alicyclic amines) is 1. The van der Waals surface area contributed by atoms with E-state index in [0.29, 0.717) is 5.82 Å². The first-order valence-electron chi connectivity index (χ1n) is 4.36. The lowest BCUT2D eigenvalue weighted by Gasteiger charge is -2.13. The Balaban J connectivity index is 1.91. The summed E-state index contributed by atoms with van der Waals surface area (Å²) >= 11 is 0. The highest BCUT2D eigenvalue weighted by Gasteiger charge is 2.19. The molecule has 1 fully saturated rings. The van der Waals surface area contributed by atoms with Crippen LogP contribution in [-0.2, 0) is 11.2 Å². The Hall–Kier alpha value is -1.46. The summed E-state index contributed by atoms with van der Waals surface area (Å²) in [6.07, 6.45) is 2.48. The Kier molecular flexibility index (Phi) is 2.20. The van der Waals surface area contributed by atoms with Gasteiger partial charge in [-0.2, -0.15) is 5.21 Å². The number of tetrazole rings is 1. The molecule has 1 aromatic rings. The number of H-pyrrole nitrogens is 1. The van der Waals surface area contributed by atoms with Crippen LogP contribution in [0.4, 0.5) is 0 Å². The predicted octanol–water partition coefficient (Wildman–Crippen LogP) is -0.635. The first-order chi connectivity index (χ1) is 6.36. The summed E-state index contributed by atoms with van der Waals surface area (Å²) in [5.74, 6) is 0.566. The zero-order valence-electron chi connectivity index (χ0n) is 7.23. The Morgan fingerprint density at radius 1 is 1.46 bits per heavy atom. The number of aromatic amines is 1. The van der Waals surface area contributed by atoms with Gasteiger partial charge in [-0.05, 0) is 12.8 Å². The number of carbonyl (C=O) groups excluding carboxylic acids is 1. The molecule has 1 aromatic heterocycles. The van der Waals surface area contributed by atoms with Crippen molar-refractivity contribution >= 4 is 5.91 Å². The summed E-state index contributed by atoms with van der Waals surface area (Å²) in [6.45, 7) is 1.74. The second kappa shape index (κ2) is 3.51. The number of aromatic nitrogens is 4. The fraction of sp³-hybridized carbons (Fsp3) is 0.714. The highest BCUT2D eigenvalue weighted by atomic mass is 16.2. The van der Waals surface area contributed by atoms with Gasteiger partial charge < -0.3 is 4.90 Å². The van der Waals surface area contributed by atoms with Gasteiger partial charge in [0.05, 0.1) is 6.42 Å². The van der Waals surface area contributed by atoms with Gasteiger partial charge in [-0.15, -0.1) is 10.2 Å². The molecule has 1 amide bonds. The Labute approximate surface area is 75.3 Å². The fourth-order valence-electron chi connectivity index (χ4n) is 1.47. The molecule has 0 bridgehead atoms. The molecule has 70 valence electrons. The second-order valence-electron chi connectivity index (χ2n) is 3.09. The number of nitrogens with one attached hydrogen (secondary N) is 1. The molecular weight excluding hydrogens is 170 g/mol. The number of hydrogen-bond acceptors (Lipinski definition) is 4. The van der Waals surface area contributed by atoms with Gasteiger partial charge in [-0.25, -0.2) is 0 Å². The largest absolute Gasteiger partial charge is 0.342 e. The van der Waals surface area contributed by atoms with Crippen molar-refractivity contribution in [2.24, 2.45) is 0 Å². The molecule has 2 rings (SSSR count). The average molecular weight is 181 g/mol. The molecule has 1 N–H and O–H groups in total. The summed E-state index contributed by atoms with van der Waals surface area (Å²) < 4.78 is 0. The molecule has 0 atom stereocenters. The van der Waals surface area contributed by atoms with E-state index in [0.717, 1.165) is 25.9 Å². The van der Waals surface area contributed by atoms with Crippen molar-refractivity contribution in [3.63, 3.8) is 0 Å². The molecule has 0 aliphatic carbocycles. The smallest absolute Gasteiger partial charge is 0.230 e. The van der Waals surface area contributed by atoms with Gasteiger partial charge in [0.25, 0.3) is 0 Å². The van der Waals surface area contributed by atoms with Crippen molar-refractivity contribution in [1.29, 1.82) is 0 Å². The van der Waals surface area contributed by atoms with Crippen LogP contribution in [0, 0.1) is 0 Å². The summed E-state index contributed by atoms with van der Waals surface area (Å²) in [5.41, 5.74) is 0. The van der Waals surface area contributed by atoms with Crippen LogP contribution in [0.25, 0.3) is 0 Å². The first-order valence-corrected chi connectivity index (χ1v) is 4.36. The van der Waals surface area contributed by atoms with E-state index < -0.39 is 0 Å². The molecule has 0 unspecified atom stereocenters. The van der Waals surface area contributed by atoms with Gasteiger partial charge in [0.15, 0.2) is 5.82 Å². The summed E-state index contributed by atoms with van der Waals surface area (Å²) in [6, 6.07) is 0. The predicted molar refractivity (Wildman–Crippen MR) is 43.7 cm³/mol. The van der Waals surface area contributed by atoms with Crippen LogP contribution < -0.4 is 0 Å². The van der Waals surface area contributed by atoms with E-state index in [4.69, 9.17) is 0 Å². The topological polar surface area (TPSA) is 74.8 Å². The first kappa shape index (κ1) is 8.15. The van der Waals surface area contributed by atoms with E-state index in [9.17, 15) is 4.79 Å². The third kappa shape index (κ3) is 1.82. The third-order valence-corrected chi connectivity index (χ3v) is 2.16. The Morgan fingerprint density at radius 3 is 2.85 bits per heavy atom. The maximum Gasteiger partial charge on any atom is 0.230 e. The van der Waals surface area contributed by atoms with Gasteiger partial charge >= 0.3 is 0 Å². The highest BCUT2D eigenvalue weighted by Crippen LogP contribution is 2.08. The van der Waals surface area contributed by atoms with Gasteiger partial charge in [-0.1, -0.05) is 5.21 Å². The van der Waals surface area contributed by atoms with Gasteiger partial charge in [0.2, 0.25) is 5.91 Å². The van der Waals surface area contributed by atoms with Crippen molar-refractivity contribution in [3.8, 4) is 0 Å². The zero-order chi connectivity index (χ0) is 9.10. The van der Waals surface area contributed by atoms with Crippen LogP contribution in [0.1, 0.15) is 18.7 Å². The molecule has 2 heterocycles. The molecule has 6 heteroatoms. The minimum Gasteiger partial charge on any atom is -0.342 e. The summed E-state index contributed by atoms with van der Waals surface area (Å²) in [4.78, 5) is 13.4. The maximum absolute atomic E-state index is 11.5. The monoisotopic (exact) mass is 181 g/mol. The maximum atomic E-state index is 11.5. The molecule has 0 saturated carbocycles. The molecule has 1 saturated heterocycles. The molecular formula is C7H11N5O. The van der Waals surface area contributed by atoms with Crippen LogP contribution in [0.15, 0.2) is 0 Å². The van der Waals surface area contributed by atoms with Crippen LogP contribution in [-0.4, -0.2) is 44.5 Å². The van der Waals surface area contributed by atoms with Gasteiger partial charge in [0, 0.05) is 13.1 Å². The highest BCUT2D eigenvalue weighted by molar-refractivity contribution is 5.78. The van der Waals surface area contributed by atoms with E-state index in [1.807, 2.05) is 4.90 Å². The lowest BCUT2D eigenvalue weighted by atomic mass is 10.3. The average Bonchev–Trinajstić information content (AvgIpc) is 2.74. The van der Waals surface area contributed by atoms with Crippen LogP contribution in [0.5, 0.6) is 0 Å². The molecule has 0 spiro atoms. The van der Waals surface area contributed by atoms with Crippen LogP contribution in [0.3, 0.4) is 0 Å². The molecule has 1 aliphatic heterocycles. The summed E-state index contributed by atoms with van der Waals surface area (Å²) in [7, 11) is 0. The van der Waals surface area contributed by atoms with E-state index in [2.05, 4.69) is 20.6 Å². The van der Waals surface area contributed by atoms with Crippen molar-refractivity contribution in [2.75, 3.05) is 13.1 Å². The lowest BCUT2D eigenvalue weighted by molar-refractivity contribution is -0.129. The van der Waals surface area contributed by atoms with Crippen molar-refractivity contribution in [1.82, 2.24) is 25.5 Å². The standard InChI is InChI=1S/C7H11N5O/c13-7(12-3-1-2-4-12)5-6-8-10-11-9-6/h1-5H2,(H,8,9,10,11). The molecule has 6 nitrogen and oxygen atoms in total. The number of nitrogens with zero attached hydrogens (tertiary/aromatic N) is 4. The minimum absolute atomic E-state index is 0.0962. The number of rotatable bonds is 2. The quantitative estimate of drug-likeness (QED) is 0.658. The number of carbonyl (C=O) groups is 1. The van der Waals surface area contributed by atoms with Gasteiger partial charge in [0.1, 0.15) is 0 Å². The Bertz CT molecular complexity index is 277. The van der Waals surface area contributed by atoms with Gasteiger partial charge in [-0.3, -0.25) is 4.79 Å². The Morgan fingerprint density at radius 2 is 2.23 bits per heavy atom. The fourth-order valence-corrected chi connectivity index (χ4v) is 1.47. The number of hydrogen-bond donors (Lipinski definition) is 1. The second-order valence-corrected chi connectivity index (χ2v) is 3.09. The normalized spacial score (nSPS) is 16.5. The van der Waals surface area contributed by atoms with Crippen molar-refractivity contribution < 1.29 is 4.79 Å². The van der Waals surface area contributed by atoms with Crippen LogP contribution in [0.2, 0.25) is 0 Å². The summed E-state index contributed by atoms with van der Waals surface area (Å²) in [5, 5.41) is 13.2. The molecule has 0 radical (unpaired) electrons. The van der Waals surface area contributed by atoms with Crippen molar-refractivity contribution in [2.45, 2.75) is 19.3 Å². The number of amides is 1. The third-order valence-electron chi connectivity index (χ3n) is 2.16. The molecule has 0 aromatic carbocycles. The van der Waals surface area contributed by atoms with Crippen LogP contribution >= 0.6 is 0 Å².